The Morgan fingerprint density at radius 1 is 1.00 bits per heavy atom. The number of methoxy groups -OCH3 is 1. The van der Waals surface area contributed by atoms with Gasteiger partial charge in [-0.05, 0) is 67.7 Å². The van der Waals surface area contributed by atoms with E-state index in [1.165, 1.54) is 11.1 Å². The first-order valence-electron chi connectivity index (χ1n) is 9.83. The molecule has 0 amide bonds. The zero-order valence-electron chi connectivity index (χ0n) is 15.8. The predicted octanol–water partition coefficient (Wildman–Crippen LogP) is 3.75. The molecular weight excluding hydrogens is 350 g/mol. The van der Waals surface area contributed by atoms with E-state index in [2.05, 4.69) is 23.1 Å². The van der Waals surface area contributed by atoms with Crippen molar-refractivity contribution in [2.75, 3.05) is 20.2 Å². The Morgan fingerprint density at radius 3 is 2.21 bits per heavy atom. The summed E-state index contributed by atoms with van der Waals surface area (Å²) in [5.74, 6) is 1.07. The van der Waals surface area contributed by atoms with Gasteiger partial charge in [-0.2, -0.15) is 0 Å². The normalized spacial score (nSPS) is 22.8. The van der Waals surface area contributed by atoms with Crippen molar-refractivity contribution in [3.05, 3.63) is 65.2 Å². The zero-order valence-corrected chi connectivity index (χ0v) is 15.8. The number of aliphatic hydroxyl groups is 1. The highest BCUT2D eigenvalue weighted by Crippen LogP contribution is 2.29. The third-order valence-corrected chi connectivity index (χ3v) is 6.16. The molecule has 0 radical (unpaired) electrons. The van der Waals surface area contributed by atoms with Gasteiger partial charge in [0.15, 0.2) is 5.78 Å². The summed E-state index contributed by atoms with van der Waals surface area (Å²) in [6.07, 6.45) is 3.01. The van der Waals surface area contributed by atoms with E-state index in [0.29, 0.717) is 0 Å². The lowest BCUT2D eigenvalue weighted by Gasteiger charge is -2.41. The van der Waals surface area contributed by atoms with Gasteiger partial charge in [0, 0.05) is 23.9 Å². The monoisotopic (exact) mass is 381 g/mol. The molecule has 2 atom stereocenters. The van der Waals surface area contributed by atoms with E-state index < -0.39 is 0 Å². The summed E-state index contributed by atoms with van der Waals surface area (Å²) in [6, 6.07) is 16.0. The zero-order chi connectivity index (χ0) is 18.8. The van der Waals surface area contributed by atoms with Crippen LogP contribution in [0.4, 0.5) is 0 Å². The fourth-order valence-corrected chi connectivity index (χ4v) is 4.54. The first-order chi connectivity index (χ1) is 13.2. The molecule has 2 aliphatic rings. The number of carbonyl (C=O) groups is 1. The van der Waals surface area contributed by atoms with Gasteiger partial charge in [0.2, 0.25) is 0 Å². The molecule has 1 aliphatic heterocycles. The van der Waals surface area contributed by atoms with Crippen molar-refractivity contribution in [1.82, 2.24) is 4.90 Å². The van der Waals surface area contributed by atoms with E-state index in [-0.39, 0.29) is 31.3 Å². The molecule has 0 aromatic heterocycles. The van der Waals surface area contributed by atoms with Crippen LogP contribution in [0.3, 0.4) is 0 Å². The Labute approximate surface area is 168 Å². The number of aliphatic hydroxyl groups excluding tert-OH is 1. The van der Waals surface area contributed by atoms with Gasteiger partial charge >= 0.3 is 0 Å². The number of likely N-dealkylation sites (tertiary alicyclic amines) is 1. The lowest BCUT2D eigenvalue weighted by molar-refractivity contribution is 0.0239. The van der Waals surface area contributed by atoms with Gasteiger partial charge in [-0.15, -0.1) is 0 Å². The Kier molecular flexibility index (Phi) is 6.53. The molecule has 1 saturated heterocycles. The summed E-state index contributed by atoms with van der Waals surface area (Å²) >= 11 is 0. The summed E-state index contributed by atoms with van der Waals surface area (Å²) in [5, 5.41) is 10.6. The van der Waals surface area contributed by atoms with Crippen molar-refractivity contribution in [3.63, 3.8) is 0 Å². The molecule has 1 fully saturated rings. The lowest BCUT2D eigenvalue weighted by Crippen LogP contribution is -2.51. The molecule has 2 aromatic rings. The van der Waals surface area contributed by atoms with Crippen LogP contribution in [0, 0.1) is 5.92 Å². The average molecular weight is 382 g/mol. The third kappa shape index (κ3) is 4.13. The number of hydrogen-bond donors (Lipinski definition) is 1. The predicted molar refractivity (Wildman–Crippen MR) is 112 cm³/mol. The van der Waals surface area contributed by atoms with Crippen LogP contribution in [-0.2, 0) is 12.8 Å². The quantitative estimate of drug-likeness (QED) is 0.820. The van der Waals surface area contributed by atoms with Crippen molar-refractivity contribution in [2.45, 2.75) is 45.3 Å². The lowest BCUT2D eigenvalue weighted by atomic mass is 9.83. The molecule has 0 saturated carbocycles. The maximum Gasteiger partial charge on any atom is 0.166 e. The Bertz CT molecular complexity index is 794. The summed E-state index contributed by atoms with van der Waals surface area (Å²) in [5.41, 5.74) is 3.39. The fraction of sp³-hybridized carbons (Fsp3) is 0.458. The van der Waals surface area contributed by atoms with E-state index in [1.54, 1.807) is 7.11 Å². The molecule has 2 aromatic carbocycles. The van der Waals surface area contributed by atoms with Crippen LogP contribution in [-0.4, -0.2) is 48.1 Å². The minimum atomic E-state index is -0.325. The van der Waals surface area contributed by atoms with Gasteiger partial charge in [-0.25, -0.2) is 0 Å². The second-order valence-corrected chi connectivity index (χ2v) is 7.71. The molecule has 0 spiro atoms. The molecule has 2 unspecified atom stereocenters. The molecule has 1 heterocycles. The number of fused-ring (bicyclic) bond motifs is 1. The topological polar surface area (TPSA) is 49.8 Å². The number of Topliss-reactive ketones (excluding diaryl/α,β-unsaturated/α-hetero) is 1. The number of ketones is 1. The van der Waals surface area contributed by atoms with Crippen molar-refractivity contribution in [1.29, 1.82) is 0 Å². The number of rotatable bonds is 4. The highest BCUT2D eigenvalue weighted by molar-refractivity contribution is 5.98. The van der Waals surface area contributed by atoms with Gasteiger partial charge in [0.1, 0.15) is 5.75 Å². The van der Waals surface area contributed by atoms with Crippen LogP contribution in [0.25, 0.3) is 0 Å². The van der Waals surface area contributed by atoms with Crippen molar-refractivity contribution in [2.24, 2.45) is 5.92 Å². The van der Waals surface area contributed by atoms with Crippen LogP contribution in [0.2, 0.25) is 0 Å². The van der Waals surface area contributed by atoms with E-state index in [4.69, 9.17) is 4.74 Å². The fourth-order valence-electron chi connectivity index (χ4n) is 4.54. The van der Waals surface area contributed by atoms with E-state index >= 15 is 0 Å². The molecule has 4 heteroatoms. The van der Waals surface area contributed by atoms with Gasteiger partial charge in [0.25, 0.3) is 0 Å². The highest BCUT2D eigenvalue weighted by atomic mass is 16.5. The average Bonchev–Trinajstić information content (AvgIpc) is 2.73. The van der Waals surface area contributed by atoms with E-state index in [1.807, 2.05) is 30.3 Å². The minimum absolute atomic E-state index is 0. The van der Waals surface area contributed by atoms with Crippen molar-refractivity contribution < 1.29 is 14.6 Å². The highest BCUT2D eigenvalue weighted by Gasteiger charge is 2.35. The molecule has 1 aliphatic carbocycles. The Hall–Kier alpha value is -2.17. The first kappa shape index (κ1) is 20.6. The summed E-state index contributed by atoms with van der Waals surface area (Å²) < 4.78 is 5.17. The van der Waals surface area contributed by atoms with Crippen LogP contribution in [0.15, 0.2) is 48.5 Å². The number of benzene rings is 2. The molecule has 150 valence electrons. The third-order valence-electron chi connectivity index (χ3n) is 6.16. The minimum Gasteiger partial charge on any atom is -0.497 e. The van der Waals surface area contributed by atoms with E-state index in [0.717, 1.165) is 50.1 Å². The standard InChI is InChI=1S/C23H27NO3.CH4/c1-27-20-8-6-16(7-9-20)23(26)17-10-12-24(13-11-17)21-14-18-4-2-3-5-19(18)15-22(21)25;/h2-9,17,21-22,25H,10-15H2,1H3;1H4. The number of nitrogens with zero attached hydrogens (tertiary/aromatic N) is 1. The number of piperidine rings is 1. The molecule has 4 nitrogen and oxygen atoms in total. The summed E-state index contributed by atoms with van der Waals surface area (Å²) in [4.78, 5) is 15.2. The maximum absolute atomic E-state index is 12.8. The summed E-state index contributed by atoms with van der Waals surface area (Å²) in [7, 11) is 1.63. The first-order valence-corrected chi connectivity index (χ1v) is 9.83. The molecule has 28 heavy (non-hydrogen) atoms. The van der Waals surface area contributed by atoms with Crippen LogP contribution in [0.1, 0.15) is 41.8 Å². The van der Waals surface area contributed by atoms with Crippen LogP contribution < -0.4 is 4.74 Å². The summed E-state index contributed by atoms with van der Waals surface area (Å²) in [6.45, 7) is 1.74. The Morgan fingerprint density at radius 2 is 1.61 bits per heavy atom. The van der Waals surface area contributed by atoms with Gasteiger partial charge in [-0.1, -0.05) is 31.7 Å². The van der Waals surface area contributed by atoms with Crippen molar-refractivity contribution >= 4 is 5.78 Å². The number of ether oxygens (including phenoxy) is 1. The van der Waals surface area contributed by atoms with Gasteiger partial charge in [-0.3, -0.25) is 9.69 Å². The second kappa shape index (κ2) is 8.89. The maximum atomic E-state index is 12.8. The van der Waals surface area contributed by atoms with E-state index in [9.17, 15) is 9.90 Å². The number of hydrogen-bond acceptors (Lipinski definition) is 4. The van der Waals surface area contributed by atoms with Gasteiger partial charge in [0.05, 0.1) is 13.2 Å². The number of carbonyl (C=O) groups excluding carboxylic acids is 1. The Balaban J connectivity index is 0.00000225. The van der Waals surface area contributed by atoms with Crippen molar-refractivity contribution in [3.8, 4) is 5.75 Å². The van der Waals surface area contributed by atoms with Gasteiger partial charge < -0.3 is 9.84 Å². The molecule has 0 bridgehead atoms. The second-order valence-electron chi connectivity index (χ2n) is 7.71. The largest absolute Gasteiger partial charge is 0.497 e. The SMILES string of the molecule is C.COc1ccc(C(=O)C2CCN(C3Cc4ccccc4CC3O)CC2)cc1. The molecule has 1 N–H and O–H groups in total. The van der Waals surface area contributed by atoms with Crippen LogP contribution in [0.5, 0.6) is 5.75 Å². The molecular formula is C24H31NO3. The smallest absolute Gasteiger partial charge is 0.166 e. The molecule has 4 rings (SSSR count). The van der Waals surface area contributed by atoms with Crippen LogP contribution >= 0.6 is 0 Å².